The van der Waals surface area contributed by atoms with Crippen molar-refractivity contribution in [2.45, 2.75) is 59.3 Å². The number of hydrogen-bond donors (Lipinski definition) is 0. The van der Waals surface area contributed by atoms with E-state index in [4.69, 9.17) is 0 Å². The fraction of sp³-hybridized carbons (Fsp3) is 0.500. The van der Waals surface area contributed by atoms with Crippen molar-refractivity contribution in [2.75, 3.05) is 18.5 Å². The zero-order chi connectivity index (χ0) is 18.0. The van der Waals surface area contributed by atoms with Crippen molar-refractivity contribution in [3.8, 4) is 0 Å². The first kappa shape index (κ1) is 20.2. The zero-order valence-corrected chi connectivity index (χ0v) is 17.5. The Balaban J connectivity index is 2.74. The Hall–Kier alpha value is -1.13. The van der Waals surface area contributed by atoms with Gasteiger partial charge < -0.3 is 0 Å². The van der Waals surface area contributed by atoms with Gasteiger partial charge in [-0.05, 0) is 0 Å². The second-order valence-corrected chi connectivity index (χ2v) is 13.5. The molecule has 0 aromatic heterocycles. The third kappa shape index (κ3) is 4.17. The average Bonchev–Trinajstić information content (AvgIpc) is 2.70. The Morgan fingerprint density at radius 2 is 0.840 bits per heavy atom. The van der Waals surface area contributed by atoms with Crippen molar-refractivity contribution in [2.24, 2.45) is 0 Å². The summed E-state index contributed by atoms with van der Waals surface area (Å²) in [7, 11) is 0. The summed E-state index contributed by atoms with van der Waals surface area (Å²) in [5.41, 5.74) is 0. The summed E-state index contributed by atoms with van der Waals surface area (Å²) in [4.78, 5) is 0. The van der Waals surface area contributed by atoms with E-state index in [0.29, 0.717) is 0 Å². The van der Waals surface area contributed by atoms with Gasteiger partial charge >= 0.3 is 156 Å². The molecule has 0 nitrogen and oxygen atoms in total. The molecule has 0 N–H and O–H groups in total. The van der Waals surface area contributed by atoms with Crippen LogP contribution in [0, 0.1) is 0 Å². The molecule has 0 unspecified atom stereocenters. The summed E-state index contributed by atoms with van der Waals surface area (Å²) >= 11 is 0. The van der Waals surface area contributed by atoms with E-state index in [1.165, 1.54) is 57.0 Å². The van der Waals surface area contributed by atoms with Crippen LogP contribution < -0.4 is 10.6 Å². The Kier molecular flexibility index (Phi) is 7.70. The first-order chi connectivity index (χ1) is 12.2. The van der Waals surface area contributed by atoms with Crippen LogP contribution in [0.15, 0.2) is 60.7 Å². The van der Waals surface area contributed by atoms with Gasteiger partial charge in [0.2, 0.25) is 0 Å². The molecule has 2 aromatic carbocycles. The Bertz CT molecular complexity index is 534. The van der Waals surface area contributed by atoms with Crippen LogP contribution in [-0.4, -0.2) is 18.5 Å². The molecule has 0 aliphatic heterocycles. The maximum absolute atomic E-state index is 2.45. The fourth-order valence-electron chi connectivity index (χ4n) is 4.52. The summed E-state index contributed by atoms with van der Waals surface area (Å²) < 4.78 is 0. The summed E-state index contributed by atoms with van der Waals surface area (Å²) in [5, 5.41) is 3.32. The minimum absolute atomic E-state index is 1.29. The molecule has 25 heavy (non-hydrogen) atoms. The number of hydrogen-bond acceptors (Lipinski definition) is 0. The quantitative estimate of drug-likeness (QED) is 0.398. The van der Waals surface area contributed by atoms with Crippen molar-refractivity contribution in [1.82, 2.24) is 0 Å². The Morgan fingerprint density at radius 3 is 1.12 bits per heavy atom. The molecule has 138 valence electrons. The molecule has 0 atom stereocenters. The van der Waals surface area contributed by atoms with Gasteiger partial charge in [-0.3, -0.25) is 0 Å². The van der Waals surface area contributed by atoms with E-state index in [1.807, 2.05) is 0 Å². The fourth-order valence-corrected chi connectivity index (χ4v) is 12.2. The molecular formula is C24H37P. The number of benzene rings is 2. The van der Waals surface area contributed by atoms with Crippen LogP contribution in [-0.2, 0) is 0 Å². The number of unbranched alkanes of at least 4 members (excludes halogenated alkanes) is 3. The summed E-state index contributed by atoms with van der Waals surface area (Å²) in [6, 6.07) is 23.2. The molecule has 0 aliphatic carbocycles. The van der Waals surface area contributed by atoms with E-state index in [2.05, 4.69) is 81.4 Å². The van der Waals surface area contributed by atoms with Crippen molar-refractivity contribution >= 4 is 17.2 Å². The molecule has 0 saturated carbocycles. The monoisotopic (exact) mass is 356 g/mol. The van der Waals surface area contributed by atoms with Crippen molar-refractivity contribution in [1.29, 1.82) is 0 Å². The van der Waals surface area contributed by atoms with Crippen LogP contribution in [0.2, 0.25) is 0 Å². The van der Waals surface area contributed by atoms with E-state index < -0.39 is 6.60 Å². The van der Waals surface area contributed by atoms with E-state index in [1.54, 1.807) is 10.6 Å². The van der Waals surface area contributed by atoms with Gasteiger partial charge in [0, 0.05) is 0 Å². The molecule has 0 radical (unpaired) electrons. The molecule has 0 heterocycles. The van der Waals surface area contributed by atoms with E-state index >= 15 is 0 Å². The Labute approximate surface area is 156 Å². The minimum atomic E-state index is -2.17. The maximum atomic E-state index is 2.45. The molecule has 2 aromatic rings. The molecule has 1 heteroatoms. The third-order valence-corrected chi connectivity index (χ3v) is 13.5. The van der Waals surface area contributed by atoms with Crippen LogP contribution >= 0.6 is 6.60 Å². The summed E-state index contributed by atoms with van der Waals surface area (Å²) in [6.07, 6.45) is 12.0. The van der Waals surface area contributed by atoms with E-state index in [9.17, 15) is 0 Å². The summed E-state index contributed by atoms with van der Waals surface area (Å²) in [5.74, 6) is 0. The second kappa shape index (κ2) is 9.54. The number of rotatable bonds is 11. The standard InChI is InChI=1S/C24H37P/c1-4-7-20-25(21-8-5-2,22-9-6-3,23-16-12-10-13-17-23)24-18-14-11-15-19-24/h10-19H,4-9,20-22H2,1-3H3. The van der Waals surface area contributed by atoms with Crippen LogP contribution in [0.3, 0.4) is 0 Å². The van der Waals surface area contributed by atoms with Crippen LogP contribution in [0.4, 0.5) is 0 Å². The molecule has 0 fully saturated rings. The predicted octanol–water partition coefficient (Wildman–Crippen LogP) is 6.59. The zero-order valence-electron chi connectivity index (χ0n) is 16.6. The second-order valence-electron chi connectivity index (χ2n) is 7.63. The average molecular weight is 357 g/mol. The topological polar surface area (TPSA) is 0 Å². The van der Waals surface area contributed by atoms with Gasteiger partial charge in [0.1, 0.15) is 0 Å². The molecule has 2 rings (SSSR count). The molecule has 0 saturated heterocycles. The van der Waals surface area contributed by atoms with Gasteiger partial charge in [-0.2, -0.15) is 0 Å². The van der Waals surface area contributed by atoms with E-state index in [0.717, 1.165) is 0 Å². The first-order valence-electron chi connectivity index (χ1n) is 10.3. The molecular weight excluding hydrogens is 319 g/mol. The van der Waals surface area contributed by atoms with E-state index in [-0.39, 0.29) is 0 Å². The van der Waals surface area contributed by atoms with Crippen LogP contribution in [0.5, 0.6) is 0 Å². The molecule has 0 aliphatic rings. The van der Waals surface area contributed by atoms with Crippen molar-refractivity contribution in [3.63, 3.8) is 0 Å². The third-order valence-electron chi connectivity index (χ3n) is 6.02. The predicted molar refractivity (Wildman–Crippen MR) is 118 cm³/mol. The van der Waals surface area contributed by atoms with Crippen LogP contribution in [0.25, 0.3) is 0 Å². The Morgan fingerprint density at radius 1 is 0.520 bits per heavy atom. The van der Waals surface area contributed by atoms with Crippen molar-refractivity contribution in [3.05, 3.63) is 60.7 Å². The van der Waals surface area contributed by atoms with Crippen LogP contribution in [0.1, 0.15) is 59.3 Å². The van der Waals surface area contributed by atoms with Gasteiger partial charge in [0.25, 0.3) is 0 Å². The van der Waals surface area contributed by atoms with Gasteiger partial charge in [-0.15, -0.1) is 0 Å². The van der Waals surface area contributed by atoms with Gasteiger partial charge in [0.15, 0.2) is 0 Å². The first-order valence-corrected chi connectivity index (χ1v) is 13.1. The SMILES string of the molecule is CCCCP(CCCC)(CCCC)(c1ccccc1)c1ccccc1. The normalized spacial score (nSPS) is 13.3. The van der Waals surface area contributed by atoms with Crippen molar-refractivity contribution < 1.29 is 0 Å². The molecule has 0 bridgehead atoms. The van der Waals surface area contributed by atoms with Gasteiger partial charge in [0.05, 0.1) is 0 Å². The van der Waals surface area contributed by atoms with Gasteiger partial charge in [-0.25, -0.2) is 0 Å². The van der Waals surface area contributed by atoms with Gasteiger partial charge in [-0.1, -0.05) is 0 Å². The molecule has 0 amide bonds. The molecule has 0 spiro atoms. The summed E-state index contributed by atoms with van der Waals surface area (Å²) in [6.45, 7) is 4.88.